The third kappa shape index (κ3) is 4.61. The Bertz CT molecular complexity index is 1730. The quantitative estimate of drug-likeness (QED) is 0.164. The van der Waals surface area contributed by atoms with Crippen LogP contribution in [0.1, 0.15) is 24.5 Å². The molecule has 5 nitrogen and oxygen atoms in total. The Hall–Kier alpha value is -4.92. The Morgan fingerprint density at radius 1 is 0.789 bits per heavy atom. The van der Waals surface area contributed by atoms with Crippen LogP contribution in [-0.2, 0) is 6.54 Å². The second kappa shape index (κ2) is 10.6. The molecule has 0 saturated carbocycles. The molecule has 180 valence electrons. The summed E-state index contributed by atoms with van der Waals surface area (Å²) in [5, 5.41) is 18.0. The van der Waals surface area contributed by atoms with Gasteiger partial charge in [0.25, 0.3) is 11.4 Å². The summed E-state index contributed by atoms with van der Waals surface area (Å²) in [6, 6.07) is 24.3. The van der Waals surface area contributed by atoms with Crippen LogP contribution < -0.4 is 0 Å². The maximum Gasteiger partial charge on any atom is 0.262 e. The molecular weight excluding hydrogens is 507 g/mol. The first-order valence-corrected chi connectivity index (χ1v) is 13.5. The summed E-state index contributed by atoms with van der Waals surface area (Å²) in [6.07, 6.45) is 4.23. The van der Waals surface area contributed by atoms with Crippen molar-refractivity contribution >= 4 is 55.3 Å². The first-order valence-electron chi connectivity index (χ1n) is 11.8. The van der Waals surface area contributed by atoms with Crippen molar-refractivity contribution in [2.45, 2.75) is 19.9 Å². The number of hydrogen-bond acceptors (Lipinski definition) is 4. The number of aromatic nitrogens is 1. The van der Waals surface area contributed by atoms with Crippen LogP contribution in [-0.4, -0.2) is 4.57 Å². The highest BCUT2D eigenvalue weighted by Gasteiger charge is 2.18. The van der Waals surface area contributed by atoms with Gasteiger partial charge in [-0.15, -0.1) is 22.7 Å². The van der Waals surface area contributed by atoms with Crippen molar-refractivity contribution in [3.8, 4) is 33.0 Å². The van der Waals surface area contributed by atoms with E-state index in [-0.39, 0.29) is 11.4 Å². The highest BCUT2D eigenvalue weighted by Crippen LogP contribution is 2.45. The fourth-order valence-corrected chi connectivity index (χ4v) is 6.83. The molecule has 0 unspecified atom stereocenters. The van der Waals surface area contributed by atoms with Gasteiger partial charge in [0.1, 0.15) is 0 Å². The third-order valence-electron chi connectivity index (χ3n) is 6.13. The standard InChI is InChI=1S/C31H19N5S2/c1-4-13-36-26-16-28(22-9-5-20(6-10-22)14-24(18-32)34-2)37-30(26)31-27(36)17-29(38-31)23-11-7-21(8-12-23)15-25(19-33)35-3/h5-12,14-17H,4,13H2,1H3/b24-14-,25-15+. The lowest BCUT2D eigenvalue weighted by atomic mass is 10.1. The summed E-state index contributed by atoms with van der Waals surface area (Å²) in [5.41, 5.74) is 6.52. The molecule has 5 rings (SSSR count). The molecule has 0 N–H and O–H groups in total. The van der Waals surface area contributed by atoms with Crippen molar-refractivity contribution in [1.29, 1.82) is 10.5 Å². The lowest BCUT2D eigenvalue weighted by Crippen LogP contribution is -1.94. The van der Waals surface area contributed by atoms with Crippen LogP contribution >= 0.6 is 22.7 Å². The van der Waals surface area contributed by atoms with Gasteiger partial charge in [0.05, 0.1) is 45.7 Å². The van der Waals surface area contributed by atoms with Crippen LogP contribution in [0.3, 0.4) is 0 Å². The van der Waals surface area contributed by atoms with Crippen molar-refractivity contribution < 1.29 is 0 Å². The van der Waals surface area contributed by atoms with Crippen LogP contribution in [0.2, 0.25) is 0 Å². The van der Waals surface area contributed by atoms with Gasteiger partial charge in [-0.3, -0.25) is 0 Å². The number of thiophene rings is 2. The van der Waals surface area contributed by atoms with Crippen molar-refractivity contribution in [2.75, 3.05) is 0 Å². The van der Waals surface area contributed by atoms with Crippen LogP contribution in [0, 0.1) is 35.8 Å². The normalized spacial score (nSPS) is 11.7. The first-order chi connectivity index (χ1) is 18.6. The molecule has 2 aromatic carbocycles. The molecule has 0 aliphatic carbocycles. The largest absolute Gasteiger partial charge is 0.339 e. The zero-order chi connectivity index (χ0) is 26.6. The summed E-state index contributed by atoms with van der Waals surface area (Å²) in [7, 11) is 0. The van der Waals surface area contributed by atoms with Crippen LogP contribution in [0.15, 0.2) is 72.1 Å². The van der Waals surface area contributed by atoms with Gasteiger partial charge in [-0.05, 0) is 53.0 Å². The number of nitriles is 2. The van der Waals surface area contributed by atoms with Gasteiger partial charge in [-0.1, -0.05) is 55.5 Å². The highest BCUT2D eigenvalue weighted by molar-refractivity contribution is 7.30. The van der Waals surface area contributed by atoms with Crippen molar-refractivity contribution in [3.63, 3.8) is 0 Å². The average molecular weight is 526 g/mol. The van der Waals surface area contributed by atoms with Crippen LogP contribution in [0.25, 0.3) is 63.2 Å². The molecule has 7 heteroatoms. The molecule has 5 aromatic rings. The Kier molecular flexibility index (Phi) is 6.90. The van der Waals surface area contributed by atoms with E-state index in [1.807, 2.05) is 60.7 Å². The van der Waals surface area contributed by atoms with E-state index in [2.05, 4.69) is 33.3 Å². The predicted octanol–water partition coefficient (Wildman–Crippen LogP) is 9.23. The molecule has 0 atom stereocenters. The van der Waals surface area contributed by atoms with E-state index in [0.29, 0.717) is 0 Å². The minimum Gasteiger partial charge on any atom is -0.339 e. The Balaban J connectivity index is 1.53. The maximum absolute atomic E-state index is 9.02. The maximum atomic E-state index is 9.02. The Labute approximate surface area is 228 Å². The van der Waals surface area contributed by atoms with Gasteiger partial charge in [0.2, 0.25) is 0 Å². The minimum absolute atomic E-state index is 0.0745. The van der Waals surface area contributed by atoms with Gasteiger partial charge in [-0.2, -0.15) is 0 Å². The third-order valence-corrected chi connectivity index (χ3v) is 8.64. The number of benzene rings is 2. The van der Waals surface area contributed by atoms with E-state index >= 15 is 0 Å². The second-order valence-electron chi connectivity index (χ2n) is 8.55. The Morgan fingerprint density at radius 2 is 1.21 bits per heavy atom. The molecular formula is C31H19N5S2. The second-order valence-corrected chi connectivity index (χ2v) is 10.7. The topological polar surface area (TPSA) is 61.2 Å². The molecule has 0 aliphatic heterocycles. The number of allylic oxidation sites excluding steroid dienone is 2. The summed E-state index contributed by atoms with van der Waals surface area (Å²) < 4.78 is 4.96. The lowest BCUT2D eigenvalue weighted by molar-refractivity contribution is 0.725. The van der Waals surface area contributed by atoms with Crippen LogP contribution in [0.4, 0.5) is 0 Å². The summed E-state index contributed by atoms with van der Waals surface area (Å²) >= 11 is 3.57. The van der Waals surface area contributed by atoms with Gasteiger partial charge in [0, 0.05) is 16.3 Å². The first kappa shape index (κ1) is 24.8. The fourth-order valence-electron chi connectivity index (χ4n) is 4.35. The molecule has 3 aromatic heterocycles. The Morgan fingerprint density at radius 3 is 1.55 bits per heavy atom. The SMILES string of the molecule is [C-]#[N+]/C(C#N)=C\c1ccc(-c2cc3c(s2)c2sc(-c4ccc(/C=C(\C#N)[N+]#[C-])cc4)cc2n3CCC)cc1. The van der Waals surface area contributed by atoms with Crippen molar-refractivity contribution in [3.05, 3.63) is 106 Å². The lowest BCUT2D eigenvalue weighted by Gasteiger charge is -2.03. The van der Waals surface area contributed by atoms with Gasteiger partial charge in [-0.25, -0.2) is 20.2 Å². The highest BCUT2D eigenvalue weighted by atomic mass is 32.1. The summed E-state index contributed by atoms with van der Waals surface area (Å²) in [5.74, 6) is 0. The summed E-state index contributed by atoms with van der Waals surface area (Å²) in [4.78, 5) is 8.83. The van der Waals surface area contributed by atoms with Gasteiger partial charge < -0.3 is 4.57 Å². The minimum atomic E-state index is 0.0745. The molecule has 0 saturated heterocycles. The van der Waals surface area contributed by atoms with Crippen molar-refractivity contribution in [2.24, 2.45) is 0 Å². The number of nitrogens with zero attached hydrogens (tertiary/aromatic N) is 5. The summed E-state index contributed by atoms with van der Waals surface area (Å²) in [6.45, 7) is 17.3. The predicted molar refractivity (Wildman–Crippen MR) is 157 cm³/mol. The number of fused-ring (bicyclic) bond motifs is 3. The number of aryl methyl sites for hydroxylation is 1. The van der Waals surface area contributed by atoms with E-state index in [0.717, 1.165) is 35.2 Å². The molecule has 0 spiro atoms. The molecule has 38 heavy (non-hydrogen) atoms. The van der Waals surface area contributed by atoms with Gasteiger partial charge >= 0.3 is 0 Å². The average Bonchev–Trinajstić information content (AvgIpc) is 3.64. The molecule has 0 bridgehead atoms. The van der Waals surface area contributed by atoms with E-state index < -0.39 is 0 Å². The molecule has 0 aliphatic rings. The van der Waals surface area contributed by atoms with Crippen molar-refractivity contribution in [1.82, 2.24) is 4.57 Å². The molecule has 0 fully saturated rings. The zero-order valence-corrected chi connectivity index (χ0v) is 22.0. The zero-order valence-electron chi connectivity index (χ0n) is 20.4. The smallest absolute Gasteiger partial charge is 0.262 e. The fraction of sp³-hybridized carbons (Fsp3) is 0.0968. The number of rotatable bonds is 6. The van der Waals surface area contributed by atoms with Gasteiger partial charge in [0.15, 0.2) is 0 Å². The van der Waals surface area contributed by atoms with E-state index in [4.69, 9.17) is 23.7 Å². The van der Waals surface area contributed by atoms with E-state index in [9.17, 15) is 0 Å². The van der Waals surface area contributed by atoms with Crippen LogP contribution in [0.5, 0.6) is 0 Å². The van der Waals surface area contributed by atoms with E-state index in [1.54, 1.807) is 34.8 Å². The molecule has 3 heterocycles. The molecule has 0 radical (unpaired) electrons. The van der Waals surface area contributed by atoms with E-state index in [1.165, 1.54) is 30.2 Å². The molecule has 0 amide bonds. The monoisotopic (exact) mass is 525 g/mol. The number of hydrogen-bond donors (Lipinski definition) is 0.